The lowest BCUT2D eigenvalue weighted by Crippen LogP contribution is -2.09. The van der Waals surface area contributed by atoms with Crippen molar-refractivity contribution in [3.05, 3.63) is 47.0 Å². The van der Waals surface area contributed by atoms with Gasteiger partial charge in [0.05, 0.1) is 5.57 Å². The number of carboxylic acids is 1. The van der Waals surface area contributed by atoms with E-state index in [1.807, 2.05) is 6.07 Å². The summed E-state index contributed by atoms with van der Waals surface area (Å²) >= 11 is 0. The van der Waals surface area contributed by atoms with Crippen LogP contribution in [-0.2, 0) is 14.3 Å². The predicted octanol–water partition coefficient (Wildman–Crippen LogP) is 1.69. The minimum absolute atomic E-state index is 0.0243. The van der Waals surface area contributed by atoms with Gasteiger partial charge >= 0.3 is 11.9 Å². The van der Waals surface area contributed by atoms with Gasteiger partial charge in [0.25, 0.3) is 0 Å². The summed E-state index contributed by atoms with van der Waals surface area (Å²) in [6.45, 7) is 1.47. The lowest BCUT2D eigenvalue weighted by atomic mass is 10.00. The molecule has 1 aliphatic heterocycles. The van der Waals surface area contributed by atoms with Crippen LogP contribution in [0.5, 0.6) is 0 Å². The number of ether oxygens (including phenoxy) is 1. The molecule has 1 atom stereocenters. The van der Waals surface area contributed by atoms with Crippen LogP contribution >= 0.6 is 0 Å². The van der Waals surface area contributed by atoms with Gasteiger partial charge < -0.3 is 9.84 Å². The van der Waals surface area contributed by atoms with E-state index in [1.54, 1.807) is 24.3 Å². The van der Waals surface area contributed by atoms with Crippen LogP contribution in [0.15, 0.2) is 41.5 Å². The van der Waals surface area contributed by atoms with Gasteiger partial charge in [0, 0.05) is 5.57 Å². The molecule has 2 rings (SSSR count). The maximum absolute atomic E-state index is 11.3. The van der Waals surface area contributed by atoms with Crippen molar-refractivity contribution < 1.29 is 19.4 Å². The van der Waals surface area contributed by atoms with Crippen molar-refractivity contribution in [2.24, 2.45) is 0 Å². The molecule has 4 heteroatoms. The highest BCUT2D eigenvalue weighted by Crippen LogP contribution is 2.34. The maximum Gasteiger partial charge on any atom is 0.336 e. The Balaban J connectivity index is 2.45. The molecule has 0 saturated heterocycles. The topological polar surface area (TPSA) is 63.6 Å². The van der Waals surface area contributed by atoms with Gasteiger partial charge in [0.15, 0.2) is 6.10 Å². The monoisotopic (exact) mass is 218 g/mol. The second-order valence-electron chi connectivity index (χ2n) is 3.54. The van der Waals surface area contributed by atoms with Crippen LogP contribution in [0, 0.1) is 0 Å². The Morgan fingerprint density at radius 3 is 2.50 bits per heavy atom. The summed E-state index contributed by atoms with van der Waals surface area (Å²) in [5.74, 6) is -1.68. The third kappa shape index (κ3) is 1.58. The van der Waals surface area contributed by atoms with Gasteiger partial charge in [-0.1, -0.05) is 30.3 Å². The number of carbonyl (C=O) groups excluding carboxylic acids is 1. The molecule has 0 spiro atoms. The van der Waals surface area contributed by atoms with Crippen LogP contribution in [0.1, 0.15) is 18.6 Å². The summed E-state index contributed by atoms with van der Waals surface area (Å²) in [7, 11) is 0. The van der Waals surface area contributed by atoms with Gasteiger partial charge in [0.1, 0.15) is 0 Å². The lowest BCUT2D eigenvalue weighted by molar-refractivity contribution is -0.140. The molecular formula is C12H10O4. The van der Waals surface area contributed by atoms with E-state index in [9.17, 15) is 9.59 Å². The summed E-state index contributed by atoms with van der Waals surface area (Å²) in [6, 6.07) is 8.84. The number of hydrogen-bond acceptors (Lipinski definition) is 3. The van der Waals surface area contributed by atoms with Gasteiger partial charge in [0.2, 0.25) is 0 Å². The van der Waals surface area contributed by atoms with Gasteiger partial charge in [-0.3, -0.25) is 0 Å². The molecule has 1 aromatic rings. The van der Waals surface area contributed by atoms with E-state index < -0.39 is 18.0 Å². The highest BCUT2D eigenvalue weighted by Gasteiger charge is 2.36. The van der Waals surface area contributed by atoms with E-state index in [-0.39, 0.29) is 11.1 Å². The summed E-state index contributed by atoms with van der Waals surface area (Å²) < 4.78 is 5.04. The van der Waals surface area contributed by atoms with Crippen molar-refractivity contribution in [3.8, 4) is 0 Å². The summed E-state index contributed by atoms with van der Waals surface area (Å²) in [5, 5.41) is 9.04. The minimum Gasteiger partial charge on any atom is -0.478 e. The molecule has 0 aromatic heterocycles. The fourth-order valence-electron chi connectivity index (χ4n) is 1.70. The molecule has 1 aromatic carbocycles. The van der Waals surface area contributed by atoms with E-state index >= 15 is 0 Å². The molecule has 1 heterocycles. The Labute approximate surface area is 92.2 Å². The fraction of sp³-hybridized carbons (Fsp3) is 0.167. The van der Waals surface area contributed by atoms with Gasteiger partial charge in [-0.25, -0.2) is 9.59 Å². The molecule has 0 saturated carbocycles. The highest BCUT2D eigenvalue weighted by molar-refractivity contribution is 6.03. The molecule has 82 valence electrons. The van der Waals surface area contributed by atoms with Crippen LogP contribution in [-0.4, -0.2) is 17.0 Å². The predicted molar refractivity (Wildman–Crippen MR) is 55.6 cm³/mol. The third-order valence-corrected chi connectivity index (χ3v) is 2.53. The normalized spacial score (nSPS) is 19.8. The molecule has 1 unspecified atom stereocenters. The molecule has 1 aliphatic rings. The van der Waals surface area contributed by atoms with Crippen LogP contribution in [0.25, 0.3) is 0 Å². The molecule has 16 heavy (non-hydrogen) atoms. The Kier molecular flexibility index (Phi) is 2.48. The average molecular weight is 218 g/mol. The number of aliphatic carboxylic acids is 1. The first-order chi connectivity index (χ1) is 7.61. The second-order valence-corrected chi connectivity index (χ2v) is 3.54. The SMILES string of the molecule is CC1=C(C(=O)O)C(c2ccccc2)OC1=O. The molecule has 4 nitrogen and oxygen atoms in total. The maximum atomic E-state index is 11.3. The van der Waals surface area contributed by atoms with E-state index in [2.05, 4.69) is 0 Å². The van der Waals surface area contributed by atoms with Crippen LogP contribution in [0.3, 0.4) is 0 Å². The highest BCUT2D eigenvalue weighted by atomic mass is 16.6. The number of carboxylic acid groups (broad SMARTS) is 1. The van der Waals surface area contributed by atoms with Crippen LogP contribution in [0.2, 0.25) is 0 Å². The lowest BCUT2D eigenvalue weighted by Gasteiger charge is -2.11. The van der Waals surface area contributed by atoms with Crippen molar-refractivity contribution in [3.63, 3.8) is 0 Å². The molecular weight excluding hydrogens is 208 g/mol. The summed E-state index contributed by atoms with van der Waals surface area (Å²) in [4.78, 5) is 22.4. The van der Waals surface area contributed by atoms with Gasteiger partial charge in [-0.05, 0) is 12.5 Å². The Hall–Kier alpha value is -2.10. The molecule has 1 N–H and O–H groups in total. The zero-order valence-electron chi connectivity index (χ0n) is 8.64. The Bertz CT molecular complexity index is 473. The first-order valence-corrected chi connectivity index (χ1v) is 4.81. The third-order valence-electron chi connectivity index (χ3n) is 2.53. The molecule has 0 aliphatic carbocycles. The van der Waals surface area contributed by atoms with E-state index in [0.29, 0.717) is 5.56 Å². The Morgan fingerprint density at radius 2 is 1.94 bits per heavy atom. The fourth-order valence-corrected chi connectivity index (χ4v) is 1.70. The summed E-state index contributed by atoms with van der Waals surface area (Å²) in [6.07, 6.45) is -0.786. The number of carbonyl (C=O) groups is 2. The van der Waals surface area contributed by atoms with Crippen molar-refractivity contribution >= 4 is 11.9 Å². The van der Waals surface area contributed by atoms with E-state index in [1.165, 1.54) is 6.92 Å². The van der Waals surface area contributed by atoms with Gasteiger partial charge in [-0.2, -0.15) is 0 Å². The van der Waals surface area contributed by atoms with Gasteiger partial charge in [-0.15, -0.1) is 0 Å². The van der Waals surface area contributed by atoms with Crippen molar-refractivity contribution in [1.82, 2.24) is 0 Å². The second kappa shape index (κ2) is 3.81. The first-order valence-electron chi connectivity index (χ1n) is 4.81. The number of esters is 1. The standard InChI is InChI=1S/C12H10O4/c1-7-9(11(13)14)10(16-12(7)15)8-5-3-2-4-6-8/h2-6,10H,1H3,(H,13,14). The van der Waals surface area contributed by atoms with Crippen LogP contribution < -0.4 is 0 Å². The van der Waals surface area contributed by atoms with Crippen LogP contribution in [0.4, 0.5) is 0 Å². The molecule has 0 fully saturated rings. The largest absolute Gasteiger partial charge is 0.478 e. The number of benzene rings is 1. The van der Waals surface area contributed by atoms with Crippen molar-refractivity contribution in [1.29, 1.82) is 0 Å². The van der Waals surface area contributed by atoms with E-state index in [0.717, 1.165) is 0 Å². The summed E-state index contributed by atoms with van der Waals surface area (Å²) in [5.41, 5.74) is 0.864. The molecule has 0 bridgehead atoms. The van der Waals surface area contributed by atoms with Crippen molar-refractivity contribution in [2.75, 3.05) is 0 Å². The molecule has 0 radical (unpaired) electrons. The number of hydrogen-bond donors (Lipinski definition) is 1. The quantitative estimate of drug-likeness (QED) is 0.767. The number of rotatable bonds is 2. The first kappa shape index (κ1) is 10.4. The van der Waals surface area contributed by atoms with E-state index in [4.69, 9.17) is 9.84 Å². The zero-order valence-corrected chi connectivity index (χ0v) is 8.64. The smallest absolute Gasteiger partial charge is 0.336 e. The van der Waals surface area contributed by atoms with Crippen molar-refractivity contribution in [2.45, 2.75) is 13.0 Å². The Morgan fingerprint density at radius 1 is 1.31 bits per heavy atom. The number of cyclic esters (lactones) is 1. The molecule has 0 amide bonds. The minimum atomic E-state index is -1.11. The average Bonchev–Trinajstić information content (AvgIpc) is 2.57. The zero-order chi connectivity index (χ0) is 11.7.